The van der Waals surface area contributed by atoms with Gasteiger partial charge in [0.05, 0.1) is 0 Å². The fourth-order valence-electron chi connectivity index (χ4n) is 2.25. The van der Waals surface area contributed by atoms with Crippen LogP contribution in [0.2, 0.25) is 0 Å². The van der Waals surface area contributed by atoms with E-state index in [0.717, 1.165) is 34.4 Å². The number of furan rings is 1. The summed E-state index contributed by atoms with van der Waals surface area (Å²) >= 11 is 6.04. The highest BCUT2D eigenvalue weighted by Crippen LogP contribution is 2.16. The van der Waals surface area contributed by atoms with Gasteiger partial charge in [0.1, 0.15) is 20.7 Å². The summed E-state index contributed by atoms with van der Waals surface area (Å²) in [5.41, 5.74) is 3.66. The zero-order valence-electron chi connectivity index (χ0n) is 10.9. The van der Waals surface area contributed by atoms with E-state index in [1.54, 1.807) is 0 Å². The lowest BCUT2D eigenvalue weighted by atomic mass is 10.0. The normalized spacial score (nSPS) is 14.7. The molecule has 0 amide bonds. The molecule has 5 heteroatoms. The summed E-state index contributed by atoms with van der Waals surface area (Å²) in [6.07, 6.45) is 7.88. The molecule has 1 aromatic rings. The van der Waals surface area contributed by atoms with E-state index < -0.39 is 9.84 Å². The standard InChI is InChI=1S/C14H17ClO3S/c1-10-12(5-3-4-8-19(2,16)17)13-9-11(15)6-7-14(13)18-10/h6-7H,1,3-5,8-9H2,2H3. The van der Waals surface area contributed by atoms with Gasteiger partial charge in [-0.25, -0.2) is 8.42 Å². The Labute approximate surface area is 118 Å². The molecule has 104 valence electrons. The van der Waals surface area contributed by atoms with E-state index in [0.29, 0.717) is 18.3 Å². The topological polar surface area (TPSA) is 47.3 Å². The first-order valence-corrected chi connectivity index (χ1v) is 8.64. The van der Waals surface area contributed by atoms with Crippen molar-refractivity contribution in [2.24, 2.45) is 0 Å². The monoisotopic (exact) mass is 300 g/mol. The second-order valence-electron chi connectivity index (χ2n) is 4.89. The van der Waals surface area contributed by atoms with Gasteiger partial charge in [0, 0.05) is 34.6 Å². The Hall–Kier alpha value is -1.00. The van der Waals surface area contributed by atoms with Crippen LogP contribution < -0.4 is 10.8 Å². The van der Waals surface area contributed by atoms with Crippen LogP contribution in [0.1, 0.15) is 24.0 Å². The summed E-state index contributed by atoms with van der Waals surface area (Å²) in [7, 11) is -2.88. The quantitative estimate of drug-likeness (QED) is 0.775. The third kappa shape index (κ3) is 3.74. The minimum absolute atomic E-state index is 0.228. The van der Waals surface area contributed by atoms with Crippen LogP contribution in [0.5, 0.6) is 0 Å². The average Bonchev–Trinajstić information content (AvgIpc) is 2.59. The molecule has 1 aliphatic rings. The van der Waals surface area contributed by atoms with E-state index in [4.69, 9.17) is 16.0 Å². The smallest absolute Gasteiger partial charge is 0.147 e. The van der Waals surface area contributed by atoms with Gasteiger partial charge in [-0.1, -0.05) is 18.2 Å². The molecule has 19 heavy (non-hydrogen) atoms. The van der Waals surface area contributed by atoms with Crippen molar-refractivity contribution < 1.29 is 12.8 Å². The number of hydrogen-bond donors (Lipinski definition) is 0. The Balaban J connectivity index is 2.07. The lowest BCUT2D eigenvalue weighted by molar-refractivity contribution is 0.497. The molecular weight excluding hydrogens is 284 g/mol. The van der Waals surface area contributed by atoms with Gasteiger partial charge in [0.2, 0.25) is 0 Å². The summed E-state index contributed by atoms with van der Waals surface area (Å²) in [6.45, 7) is 3.91. The molecule has 0 spiro atoms. The number of allylic oxidation sites excluding steroid dienone is 2. The predicted octanol–water partition coefficient (Wildman–Crippen LogP) is 1.52. The first kappa shape index (κ1) is 14.4. The van der Waals surface area contributed by atoms with Crippen molar-refractivity contribution in [3.05, 3.63) is 33.1 Å². The highest BCUT2D eigenvalue weighted by atomic mass is 35.5. The van der Waals surface area contributed by atoms with Crippen LogP contribution in [-0.2, 0) is 22.7 Å². The number of halogens is 1. The zero-order valence-corrected chi connectivity index (χ0v) is 12.5. The van der Waals surface area contributed by atoms with Gasteiger partial charge in [-0.05, 0) is 31.4 Å². The van der Waals surface area contributed by atoms with E-state index in [9.17, 15) is 8.42 Å². The maximum atomic E-state index is 11.1. The van der Waals surface area contributed by atoms with Crippen LogP contribution in [0, 0.1) is 0 Å². The molecule has 0 aliphatic heterocycles. The number of unbranched alkanes of at least 4 members (excludes halogenated alkanes) is 1. The predicted molar refractivity (Wildman–Crippen MR) is 78.2 cm³/mol. The van der Waals surface area contributed by atoms with Crippen LogP contribution in [0.3, 0.4) is 0 Å². The van der Waals surface area contributed by atoms with E-state index in [2.05, 4.69) is 6.58 Å². The SMILES string of the molecule is C=c1oc2c(c1CCCCS(C)(=O)=O)CC(Cl)=CC=2. The third-order valence-electron chi connectivity index (χ3n) is 3.18. The molecule has 0 unspecified atom stereocenters. The molecule has 0 bridgehead atoms. The summed E-state index contributed by atoms with van der Waals surface area (Å²) in [4.78, 5) is 0. The van der Waals surface area contributed by atoms with Crippen LogP contribution in [0.15, 0.2) is 15.5 Å². The molecule has 0 aromatic carbocycles. The lowest BCUT2D eigenvalue weighted by Gasteiger charge is -2.05. The van der Waals surface area contributed by atoms with Crippen molar-refractivity contribution in [3.8, 4) is 0 Å². The maximum absolute atomic E-state index is 11.1. The van der Waals surface area contributed by atoms with Gasteiger partial charge in [0.15, 0.2) is 0 Å². The first-order valence-electron chi connectivity index (χ1n) is 6.20. The van der Waals surface area contributed by atoms with Gasteiger partial charge in [-0.2, -0.15) is 0 Å². The molecule has 0 saturated heterocycles. The summed E-state index contributed by atoms with van der Waals surface area (Å²) in [6, 6.07) is 0. The van der Waals surface area contributed by atoms with Crippen molar-refractivity contribution in [1.29, 1.82) is 0 Å². The van der Waals surface area contributed by atoms with Crippen LogP contribution in [0.4, 0.5) is 0 Å². The van der Waals surface area contributed by atoms with Crippen molar-refractivity contribution in [2.75, 3.05) is 12.0 Å². The van der Waals surface area contributed by atoms with Crippen molar-refractivity contribution >= 4 is 34.1 Å². The van der Waals surface area contributed by atoms with E-state index in [-0.39, 0.29) is 5.75 Å². The fraction of sp³-hybridized carbons (Fsp3) is 0.429. The molecule has 2 rings (SSSR count). The Bertz CT molecular complexity index is 711. The van der Waals surface area contributed by atoms with Gasteiger partial charge >= 0.3 is 0 Å². The van der Waals surface area contributed by atoms with Crippen LogP contribution in [-0.4, -0.2) is 20.4 Å². The van der Waals surface area contributed by atoms with Crippen molar-refractivity contribution in [3.63, 3.8) is 0 Å². The van der Waals surface area contributed by atoms with E-state index >= 15 is 0 Å². The summed E-state index contributed by atoms with van der Waals surface area (Å²) < 4.78 is 27.7. The molecule has 3 nitrogen and oxygen atoms in total. The Morgan fingerprint density at radius 3 is 2.79 bits per heavy atom. The largest absolute Gasteiger partial charge is 0.457 e. The molecule has 0 N–H and O–H groups in total. The number of fused-ring (bicyclic) bond motifs is 1. The highest BCUT2D eigenvalue weighted by Gasteiger charge is 2.14. The second kappa shape index (κ2) is 5.55. The second-order valence-corrected chi connectivity index (χ2v) is 7.64. The minimum Gasteiger partial charge on any atom is -0.457 e. The number of rotatable bonds is 5. The summed E-state index contributed by atoms with van der Waals surface area (Å²) in [5.74, 6) is 0.228. The molecular formula is C14H17ClO3S. The van der Waals surface area contributed by atoms with Crippen LogP contribution >= 0.6 is 11.6 Å². The lowest BCUT2D eigenvalue weighted by Crippen LogP contribution is -2.10. The fourth-order valence-corrected chi connectivity index (χ4v) is 3.18. The Morgan fingerprint density at radius 2 is 2.11 bits per heavy atom. The molecule has 0 fully saturated rings. The van der Waals surface area contributed by atoms with E-state index in [1.165, 1.54) is 6.26 Å². The Kier molecular flexibility index (Phi) is 4.21. The highest BCUT2D eigenvalue weighted by molar-refractivity contribution is 7.90. The average molecular weight is 301 g/mol. The Morgan fingerprint density at radius 1 is 1.37 bits per heavy atom. The molecule has 1 aromatic heterocycles. The molecule has 0 radical (unpaired) electrons. The first-order chi connectivity index (χ1) is 8.87. The molecule has 1 heterocycles. The van der Waals surface area contributed by atoms with Crippen LogP contribution in [0.25, 0.3) is 12.7 Å². The van der Waals surface area contributed by atoms with Gasteiger partial charge in [0.25, 0.3) is 0 Å². The molecule has 0 saturated carbocycles. The number of hydrogen-bond acceptors (Lipinski definition) is 3. The molecule has 1 aliphatic carbocycles. The van der Waals surface area contributed by atoms with Gasteiger partial charge in [-0.15, -0.1) is 0 Å². The zero-order chi connectivity index (χ0) is 14.0. The van der Waals surface area contributed by atoms with Gasteiger partial charge in [-0.3, -0.25) is 0 Å². The number of sulfone groups is 1. The van der Waals surface area contributed by atoms with E-state index in [1.807, 2.05) is 12.2 Å². The summed E-state index contributed by atoms with van der Waals surface area (Å²) in [5, 5.41) is 0.783. The minimum atomic E-state index is -2.88. The van der Waals surface area contributed by atoms with Crippen molar-refractivity contribution in [1.82, 2.24) is 0 Å². The van der Waals surface area contributed by atoms with Gasteiger partial charge < -0.3 is 4.42 Å². The maximum Gasteiger partial charge on any atom is 0.147 e. The molecule has 0 atom stereocenters. The third-order valence-corrected chi connectivity index (χ3v) is 4.47. The van der Waals surface area contributed by atoms with Crippen molar-refractivity contribution in [2.45, 2.75) is 25.7 Å².